The van der Waals surface area contributed by atoms with Crippen LogP contribution < -0.4 is 9.47 Å². The van der Waals surface area contributed by atoms with E-state index >= 15 is 0 Å². The number of halogens is 2. The number of imidazole rings is 1. The van der Waals surface area contributed by atoms with Crippen molar-refractivity contribution in [2.24, 2.45) is 0 Å². The molecular weight excluding hydrogens is 370 g/mol. The van der Waals surface area contributed by atoms with Crippen molar-refractivity contribution in [3.63, 3.8) is 0 Å². The standard InChI is InChI=1S/C20H20F2N2O4/c1-3-26-16-10-6-7-11-17(16)27-12-18(25)28-13(2)19-23-14-8-4-5-9-15(14)24(19)20(21)22/h4-11,13,20H,3,12H2,1-2H3. The molecule has 1 aromatic heterocycles. The van der Waals surface area contributed by atoms with Crippen LogP contribution in [-0.4, -0.2) is 28.7 Å². The summed E-state index contributed by atoms with van der Waals surface area (Å²) in [5, 5.41) is 0. The molecule has 1 unspecified atom stereocenters. The van der Waals surface area contributed by atoms with Gasteiger partial charge in [0.15, 0.2) is 30.0 Å². The molecule has 0 radical (unpaired) electrons. The molecule has 148 valence electrons. The average Bonchev–Trinajstić information content (AvgIpc) is 3.07. The predicted molar refractivity (Wildman–Crippen MR) is 98.6 cm³/mol. The number of esters is 1. The Hall–Kier alpha value is -3.16. The minimum absolute atomic E-state index is 0.0285. The highest BCUT2D eigenvalue weighted by atomic mass is 19.3. The first-order valence-corrected chi connectivity index (χ1v) is 8.80. The number of para-hydroxylation sites is 4. The van der Waals surface area contributed by atoms with Gasteiger partial charge in [-0.3, -0.25) is 4.57 Å². The van der Waals surface area contributed by atoms with Crippen molar-refractivity contribution in [2.45, 2.75) is 26.5 Å². The summed E-state index contributed by atoms with van der Waals surface area (Å²) in [4.78, 5) is 16.3. The Labute approximate surface area is 160 Å². The summed E-state index contributed by atoms with van der Waals surface area (Å²) in [6, 6.07) is 13.4. The number of hydrogen-bond acceptors (Lipinski definition) is 5. The fourth-order valence-electron chi connectivity index (χ4n) is 2.82. The molecular formula is C20H20F2N2O4. The highest BCUT2D eigenvalue weighted by Gasteiger charge is 2.24. The van der Waals surface area contributed by atoms with E-state index in [4.69, 9.17) is 14.2 Å². The molecule has 2 aromatic carbocycles. The second-order valence-corrected chi connectivity index (χ2v) is 5.91. The molecule has 0 aliphatic rings. The summed E-state index contributed by atoms with van der Waals surface area (Å²) in [7, 11) is 0. The van der Waals surface area contributed by atoms with E-state index in [1.54, 1.807) is 48.5 Å². The number of carbonyl (C=O) groups excluding carboxylic acids is 1. The highest BCUT2D eigenvalue weighted by Crippen LogP contribution is 2.29. The van der Waals surface area contributed by atoms with Crippen LogP contribution in [0.5, 0.6) is 11.5 Å². The number of carbonyl (C=O) groups is 1. The summed E-state index contributed by atoms with van der Waals surface area (Å²) >= 11 is 0. The normalized spacial score (nSPS) is 12.2. The predicted octanol–water partition coefficient (Wildman–Crippen LogP) is 4.51. The van der Waals surface area contributed by atoms with Gasteiger partial charge in [0.2, 0.25) is 0 Å². The maximum Gasteiger partial charge on any atom is 0.344 e. The number of hydrogen-bond donors (Lipinski definition) is 0. The zero-order valence-electron chi connectivity index (χ0n) is 15.5. The quantitative estimate of drug-likeness (QED) is 0.530. The number of nitrogens with zero attached hydrogens (tertiary/aromatic N) is 2. The van der Waals surface area contributed by atoms with Crippen LogP contribution in [0.4, 0.5) is 8.78 Å². The Morgan fingerprint density at radius 2 is 1.71 bits per heavy atom. The number of benzene rings is 2. The third kappa shape index (κ3) is 4.21. The number of aromatic nitrogens is 2. The van der Waals surface area contributed by atoms with Gasteiger partial charge in [-0.2, -0.15) is 8.78 Å². The minimum atomic E-state index is -2.81. The Morgan fingerprint density at radius 3 is 2.39 bits per heavy atom. The monoisotopic (exact) mass is 390 g/mol. The zero-order valence-corrected chi connectivity index (χ0v) is 15.5. The van der Waals surface area contributed by atoms with E-state index in [1.807, 2.05) is 6.92 Å². The van der Waals surface area contributed by atoms with Crippen LogP contribution in [0, 0.1) is 0 Å². The molecule has 6 nitrogen and oxygen atoms in total. The molecule has 0 amide bonds. The zero-order chi connectivity index (χ0) is 20.1. The number of fused-ring (bicyclic) bond motifs is 1. The van der Waals surface area contributed by atoms with Crippen LogP contribution in [0.1, 0.15) is 32.3 Å². The lowest BCUT2D eigenvalue weighted by Gasteiger charge is -2.16. The SMILES string of the molecule is CCOc1ccccc1OCC(=O)OC(C)c1nc2ccccc2n1C(F)F. The van der Waals surface area contributed by atoms with Crippen LogP contribution in [0.2, 0.25) is 0 Å². The third-order valence-corrected chi connectivity index (χ3v) is 3.98. The maximum absolute atomic E-state index is 13.5. The van der Waals surface area contributed by atoms with Crippen LogP contribution in [-0.2, 0) is 9.53 Å². The Balaban J connectivity index is 1.70. The molecule has 0 aliphatic carbocycles. The van der Waals surface area contributed by atoms with E-state index in [0.29, 0.717) is 23.6 Å². The fourth-order valence-corrected chi connectivity index (χ4v) is 2.82. The maximum atomic E-state index is 13.5. The van der Waals surface area contributed by atoms with Crippen molar-refractivity contribution in [3.05, 3.63) is 54.4 Å². The van der Waals surface area contributed by atoms with Gasteiger partial charge in [-0.1, -0.05) is 24.3 Å². The van der Waals surface area contributed by atoms with Gasteiger partial charge in [0, 0.05) is 0 Å². The molecule has 1 heterocycles. The second-order valence-electron chi connectivity index (χ2n) is 5.91. The van der Waals surface area contributed by atoms with Crippen molar-refractivity contribution in [1.29, 1.82) is 0 Å². The largest absolute Gasteiger partial charge is 0.490 e. The van der Waals surface area contributed by atoms with Crippen LogP contribution in [0.25, 0.3) is 11.0 Å². The molecule has 3 aromatic rings. The fraction of sp³-hybridized carbons (Fsp3) is 0.300. The topological polar surface area (TPSA) is 62.6 Å². The lowest BCUT2D eigenvalue weighted by atomic mass is 10.3. The summed E-state index contributed by atoms with van der Waals surface area (Å²) in [5.74, 6) is 0.171. The minimum Gasteiger partial charge on any atom is -0.490 e. The van der Waals surface area contributed by atoms with Crippen LogP contribution in [0.3, 0.4) is 0 Å². The van der Waals surface area contributed by atoms with Crippen molar-refractivity contribution in [3.8, 4) is 11.5 Å². The van der Waals surface area contributed by atoms with Gasteiger partial charge in [0.1, 0.15) is 0 Å². The molecule has 0 fully saturated rings. The van der Waals surface area contributed by atoms with Gasteiger partial charge in [-0.25, -0.2) is 9.78 Å². The summed E-state index contributed by atoms with van der Waals surface area (Å²) in [6.45, 7) is 0.584. The van der Waals surface area contributed by atoms with Crippen LogP contribution >= 0.6 is 0 Å². The molecule has 0 spiro atoms. The van der Waals surface area contributed by atoms with E-state index in [-0.39, 0.29) is 17.9 Å². The Bertz CT molecular complexity index is 958. The van der Waals surface area contributed by atoms with E-state index in [2.05, 4.69) is 4.98 Å². The first-order chi connectivity index (χ1) is 13.5. The van der Waals surface area contributed by atoms with Crippen molar-refractivity contribution < 1.29 is 27.8 Å². The number of rotatable bonds is 8. The molecule has 0 N–H and O–H groups in total. The van der Waals surface area contributed by atoms with Gasteiger partial charge in [-0.05, 0) is 38.1 Å². The smallest absolute Gasteiger partial charge is 0.344 e. The molecule has 0 saturated heterocycles. The van der Waals surface area contributed by atoms with E-state index in [1.165, 1.54) is 6.92 Å². The van der Waals surface area contributed by atoms with Gasteiger partial charge >= 0.3 is 12.5 Å². The Morgan fingerprint density at radius 1 is 1.07 bits per heavy atom. The van der Waals surface area contributed by atoms with Gasteiger partial charge in [0.05, 0.1) is 17.6 Å². The molecule has 3 rings (SSSR count). The Kier molecular flexibility index (Phi) is 6.08. The van der Waals surface area contributed by atoms with Crippen molar-refractivity contribution >= 4 is 17.0 Å². The lowest BCUT2D eigenvalue weighted by molar-refractivity contribution is -0.151. The lowest BCUT2D eigenvalue weighted by Crippen LogP contribution is -2.19. The van der Waals surface area contributed by atoms with E-state index < -0.39 is 18.6 Å². The number of ether oxygens (including phenoxy) is 3. The summed E-state index contributed by atoms with van der Waals surface area (Å²) in [6.07, 6.45) is -0.973. The van der Waals surface area contributed by atoms with Crippen LogP contribution in [0.15, 0.2) is 48.5 Å². The van der Waals surface area contributed by atoms with E-state index in [9.17, 15) is 13.6 Å². The molecule has 0 saturated carbocycles. The molecule has 28 heavy (non-hydrogen) atoms. The average molecular weight is 390 g/mol. The van der Waals surface area contributed by atoms with E-state index in [0.717, 1.165) is 4.57 Å². The number of alkyl halides is 2. The second kappa shape index (κ2) is 8.69. The molecule has 1 atom stereocenters. The van der Waals surface area contributed by atoms with Gasteiger partial charge in [0.25, 0.3) is 0 Å². The summed E-state index contributed by atoms with van der Waals surface area (Å²) < 4.78 is 43.9. The van der Waals surface area contributed by atoms with Crippen molar-refractivity contribution in [1.82, 2.24) is 9.55 Å². The van der Waals surface area contributed by atoms with Crippen molar-refractivity contribution in [2.75, 3.05) is 13.2 Å². The summed E-state index contributed by atoms with van der Waals surface area (Å²) in [5.41, 5.74) is 0.680. The molecule has 8 heteroatoms. The first-order valence-electron chi connectivity index (χ1n) is 8.80. The molecule has 0 bridgehead atoms. The highest BCUT2D eigenvalue weighted by molar-refractivity contribution is 5.76. The third-order valence-electron chi connectivity index (χ3n) is 3.98. The van der Waals surface area contributed by atoms with Gasteiger partial charge in [-0.15, -0.1) is 0 Å². The first kappa shape index (κ1) is 19.6. The molecule has 0 aliphatic heterocycles. The van der Waals surface area contributed by atoms with Gasteiger partial charge < -0.3 is 14.2 Å².